The number of nitrogens with two attached hydrogens (primary N) is 1. The SMILES string of the molecule is CS(N)(=O)=O.Cn1cc(-c2ccc3c(-c4cc(CS(C)(=O)=O)nc(-c5ccc(F)cc5F)c4)cnn3c2)cn1.Cn1cc(-c2ccc3c(-c4cc(Cl)nc(CS(C)(=O)=O)c4)cnn3c2)cn1.Cn1cc(-c2ccc3c(-c4cc(Cl)nc(Cl)c4)cnn3c2)cn1.Cn1cc(-c2ccc3c(Br)cnn3c2)cn1.OB(O)c1ccc(F)cc1F.ON(O)c1cc(Cl)nc(Cl)c1. The summed E-state index contributed by atoms with van der Waals surface area (Å²) in [4.78, 5) is 16.0. The van der Waals surface area contributed by atoms with Gasteiger partial charge >= 0.3 is 7.12 Å². The summed E-state index contributed by atoms with van der Waals surface area (Å²) < 4.78 is 134. The van der Waals surface area contributed by atoms with Crippen LogP contribution in [0.15, 0.2) is 237 Å². The Hall–Kier alpha value is -12.2. The molecule has 0 radical (unpaired) electrons. The number of fused-ring (bicyclic) bond motifs is 4. The zero-order chi connectivity index (χ0) is 91.7. The first-order valence-electron chi connectivity index (χ1n) is 36.6. The molecule has 2 aromatic carbocycles. The van der Waals surface area contributed by atoms with Crippen LogP contribution in [0, 0.1) is 23.3 Å². The van der Waals surface area contributed by atoms with Gasteiger partial charge < -0.3 is 10.0 Å². The van der Waals surface area contributed by atoms with Crippen LogP contribution in [0.5, 0.6) is 0 Å². The first kappa shape index (κ1) is 93.9. The number of hydrogen-bond donors (Lipinski definition) is 5. The Morgan fingerprint density at radius 3 is 1.06 bits per heavy atom. The number of anilines is 1. The monoisotopic (exact) mass is 1950 g/mol. The fourth-order valence-electron chi connectivity index (χ4n) is 12.4. The maximum atomic E-state index is 14.5. The van der Waals surface area contributed by atoms with Gasteiger partial charge in [-0.05, 0) is 111 Å². The lowest BCUT2D eigenvalue weighted by Gasteiger charge is -2.10. The van der Waals surface area contributed by atoms with Crippen molar-refractivity contribution in [3.63, 3.8) is 0 Å². The average molecular weight is 1950 g/mol. The van der Waals surface area contributed by atoms with Gasteiger partial charge in [-0.25, -0.2) is 81.0 Å². The molecule has 16 aromatic heterocycles. The quantitative estimate of drug-likeness (QED) is 0.0292. The van der Waals surface area contributed by atoms with Gasteiger partial charge in [-0.1, -0.05) is 88.3 Å². The normalized spacial score (nSPS) is 11.3. The second-order valence-electron chi connectivity index (χ2n) is 28.1. The topological polar surface area (TPSA) is 405 Å². The molecular formula is C81H69BBrCl5F4N22O10S3. The third kappa shape index (κ3) is 25.6. The molecule has 0 saturated heterocycles. The Morgan fingerprint density at radius 1 is 0.378 bits per heavy atom. The molecule has 0 aliphatic heterocycles. The molecular weight excluding hydrogens is 1880 g/mol. The molecule has 16 heterocycles. The van der Waals surface area contributed by atoms with E-state index in [2.05, 4.69) is 87.9 Å². The Balaban J connectivity index is 0.000000143. The second kappa shape index (κ2) is 40.2. The Bertz CT molecular complexity index is 7400. The highest BCUT2D eigenvalue weighted by molar-refractivity contribution is 9.10. The van der Waals surface area contributed by atoms with Crippen LogP contribution in [-0.2, 0) is 69.4 Å². The van der Waals surface area contributed by atoms with Gasteiger partial charge in [-0.15, -0.1) is 5.23 Å². The van der Waals surface area contributed by atoms with Crippen LogP contribution in [0.1, 0.15) is 11.4 Å². The van der Waals surface area contributed by atoms with Crippen LogP contribution in [0.3, 0.4) is 0 Å². The number of rotatable bonds is 14. The van der Waals surface area contributed by atoms with Crippen molar-refractivity contribution in [2.45, 2.75) is 11.5 Å². The lowest BCUT2D eigenvalue weighted by atomic mass is 9.80. The van der Waals surface area contributed by atoms with Crippen LogP contribution in [0.4, 0.5) is 23.2 Å². The molecule has 32 nitrogen and oxygen atoms in total. The predicted octanol–water partition coefficient (Wildman–Crippen LogP) is 14.4. The number of aromatic nitrogens is 20. The Labute approximate surface area is 754 Å². The summed E-state index contributed by atoms with van der Waals surface area (Å²) in [6.07, 6.45) is 33.0. The first-order valence-corrected chi connectivity index (χ1v) is 45.4. The molecule has 18 rings (SSSR count). The van der Waals surface area contributed by atoms with Crippen molar-refractivity contribution in [2.75, 3.05) is 24.0 Å². The third-order valence-corrected chi connectivity index (χ3v) is 21.1. The number of sulfone groups is 2. The van der Waals surface area contributed by atoms with Crippen LogP contribution in [0.25, 0.3) is 111 Å². The van der Waals surface area contributed by atoms with Crippen molar-refractivity contribution in [1.82, 2.24) is 97.5 Å². The van der Waals surface area contributed by atoms with Gasteiger partial charge in [-0.3, -0.25) is 34.1 Å². The van der Waals surface area contributed by atoms with E-state index in [1.165, 1.54) is 24.5 Å². The van der Waals surface area contributed by atoms with E-state index in [0.717, 1.165) is 136 Å². The summed E-state index contributed by atoms with van der Waals surface area (Å²) in [6, 6.07) is 34.5. The van der Waals surface area contributed by atoms with Crippen molar-refractivity contribution in [1.29, 1.82) is 0 Å². The highest BCUT2D eigenvalue weighted by Crippen LogP contribution is 2.36. The van der Waals surface area contributed by atoms with Gasteiger partial charge in [0.25, 0.3) is 0 Å². The molecule has 0 spiro atoms. The largest absolute Gasteiger partial charge is 0.491 e. The van der Waals surface area contributed by atoms with Crippen molar-refractivity contribution in [3.8, 4) is 89.1 Å². The first-order chi connectivity index (χ1) is 60.0. The maximum Gasteiger partial charge on any atom is 0.491 e. The fraction of sp³-hybridized carbons (Fsp3) is 0.111. The van der Waals surface area contributed by atoms with E-state index in [-0.39, 0.29) is 60.3 Å². The summed E-state index contributed by atoms with van der Waals surface area (Å²) in [6.45, 7) is 0. The lowest BCUT2D eigenvalue weighted by molar-refractivity contribution is 0.0291. The van der Waals surface area contributed by atoms with E-state index in [4.69, 9.17) is 78.5 Å². The minimum absolute atomic E-state index is 0.0648. The number of benzene rings is 2. The summed E-state index contributed by atoms with van der Waals surface area (Å²) in [5, 5.41) is 73.7. The van der Waals surface area contributed by atoms with Crippen LogP contribution in [0.2, 0.25) is 25.8 Å². The standard InChI is InChI=1S/C24H19F2N5O2S.C18H16ClN5O2S.C16H11Cl2N5.C11H9BrN4.C6H5BF2O2.C5H4Cl2N2O2.CH5NO2S/c1-30-12-17(10-27-30)15-3-6-24-21(11-28-31(24)13-15)16-7-19(14-34(2,32)33)29-23(8-16)20-5-4-18(25)9-22(20)26;1-23-9-14(7-20-23)12-3-4-17-16(8-21-24(17)10-12)13-5-15(11-27(2,25)26)22-18(19)6-13;1-22-8-12(6-19-22)10-2-3-14-13(7-20-23(14)9-10)11-4-15(17)21-16(18)5-11;1-15-6-9(4-13-15)8-2-3-11-10(12)5-14-16(11)7-8;8-4-1-2-5(7(10)11)6(9)3-4;6-4-1-3(9(10)11)2-5(7)8-4;1-5(2,3)4/h3-13H,14H2,1-2H3;3-10H,11H2,1-2H3;2-9H,1H3;2-7H,1H3;1-3,10-11H;1-2,10-11H;1H3,(H2,2,3,4). The smallest absolute Gasteiger partial charge is 0.423 e. The Morgan fingerprint density at radius 2 is 0.709 bits per heavy atom. The van der Waals surface area contributed by atoms with Gasteiger partial charge in [0.1, 0.15) is 54.7 Å². The average Bonchev–Trinajstić information content (AvgIpc) is 1.69. The number of aryl methyl sites for hydroxylation is 4. The number of hydrogen-bond acceptors (Lipinski definition) is 23. The van der Waals surface area contributed by atoms with Crippen LogP contribution < -0.4 is 15.8 Å². The van der Waals surface area contributed by atoms with E-state index < -0.39 is 60.1 Å². The Kier molecular flexibility index (Phi) is 29.7. The molecule has 127 heavy (non-hydrogen) atoms. The van der Waals surface area contributed by atoms with Gasteiger partial charge in [0.2, 0.25) is 10.0 Å². The number of sulfonamides is 1. The molecule has 0 bridgehead atoms. The van der Waals surface area contributed by atoms with Crippen molar-refractivity contribution >= 4 is 144 Å². The molecule has 18 aromatic rings. The molecule has 0 unspecified atom stereocenters. The second-order valence-corrected chi connectivity index (χ2v) is 36.8. The number of primary sulfonamides is 1. The van der Waals surface area contributed by atoms with Gasteiger partial charge in [0, 0.05) is 187 Å². The van der Waals surface area contributed by atoms with Gasteiger partial charge in [0.05, 0.1) is 111 Å². The molecule has 0 aliphatic rings. The van der Waals surface area contributed by atoms with E-state index >= 15 is 0 Å². The van der Waals surface area contributed by atoms with E-state index in [1.807, 2.05) is 142 Å². The maximum absolute atomic E-state index is 14.5. The van der Waals surface area contributed by atoms with E-state index in [0.29, 0.717) is 27.6 Å². The molecule has 0 fully saturated rings. The molecule has 0 aliphatic carbocycles. The molecule has 6 N–H and O–H groups in total. The lowest BCUT2D eigenvalue weighted by Crippen LogP contribution is -2.32. The highest BCUT2D eigenvalue weighted by Gasteiger charge is 2.21. The third-order valence-electron chi connectivity index (χ3n) is 17.8. The van der Waals surface area contributed by atoms with Crippen molar-refractivity contribution in [2.24, 2.45) is 33.3 Å². The molecule has 0 saturated carbocycles. The molecule has 654 valence electrons. The van der Waals surface area contributed by atoms with Gasteiger partial charge in [-0.2, -0.15) is 40.8 Å². The zero-order valence-electron chi connectivity index (χ0n) is 67.1. The highest BCUT2D eigenvalue weighted by atomic mass is 79.9. The minimum atomic E-state index is -3.40. The van der Waals surface area contributed by atoms with Crippen LogP contribution in [-0.4, -0.2) is 169 Å². The summed E-state index contributed by atoms with van der Waals surface area (Å²) in [5.74, 6) is -3.67. The minimum Gasteiger partial charge on any atom is -0.423 e. The molecule has 0 amide bonds. The summed E-state index contributed by atoms with van der Waals surface area (Å²) >= 11 is 32.5. The summed E-state index contributed by atoms with van der Waals surface area (Å²) in [5.41, 5.74) is 17.3. The van der Waals surface area contributed by atoms with E-state index in [9.17, 15) is 42.8 Å². The number of nitrogens with zero attached hydrogens (tertiary/aromatic N) is 21. The number of halogens is 10. The van der Waals surface area contributed by atoms with E-state index in [1.54, 1.807) is 101 Å². The predicted molar refractivity (Wildman–Crippen MR) is 480 cm³/mol. The van der Waals surface area contributed by atoms with Gasteiger partial charge in [0.15, 0.2) is 19.7 Å². The number of pyridine rings is 8. The van der Waals surface area contributed by atoms with Crippen molar-refractivity contribution in [3.05, 3.63) is 298 Å². The van der Waals surface area contributed by atoms with Crippen LogP contribution >= 0.6 is 73.9 Å². The zero-order valence-corrected chi connectivity index (χ0v) is 75.0. The fourth-order valence-corrected chi connectivity index (χ4v) is 15.3. The summed E-state index contributed by atoms with van der Waals surface area (Å²) in [7, 11) is -4.15. The molecule has 46 heteroatoms. The molecule has 0 atom stereocenters. The van der Waals surface area contributed by atoms with Crippen molar-refractivity contribution < 1.29 is 63.3 Å².